The van der Waals surface area contributed by atoms with Gasteiger partial charge in [0.2, 0.25) is 5.78 Å². The Balaban J connectivity index is 1.73. The summed E-state index contributed by atoms with van der Waals surface area (Å²) in [4.78, 5) is 13.1. The van der Waals surface area contributed by atoms with E-state index in [1.54, 1.807) is 67.8 Å². The quantitative estimate of drug-likeness (QED) is 0.557. The lowest BCUT2D eigenvalue weighted by Gasteiger charge is -2.19. The number of benzene rings is 3. The maximum Gasteiger partial charge on any atom is 0.282 e. The van der Waals surface area contributed by atoms with E-state index in [0.29, 0.717) is 34.9 Å². The number of nitrogens with zero attached hydrogens (tertiary/aromatic N) is 1. The largest absolute Gasteiger partial charge is 0.497 e. The first-order chi connectivity index (χ1) is 15.9. The summed E-state index contributed by atoms with van der Waals surface area (Å²) in [7, 11) is -2.46. The number of ether oxygens (including phenoxy) is 2. The number of nitrogens with one attached hydrogen (secondary N) is 1. The summed E-state index contributed by atoms with van der Waals surface area (Å²) in [5, 5.41) is 3.06. The van der Waals surface area contributed by atoms with E-state index in [0.717, 1.165) is 0 Å². The molecule has 4 rings (SSSR count). The number of anilines is 1. The van der Waals surface area contributed by atoms with Crippen LogP contribution in [-0.2, 0) is 10.0 Å². The van der Waals surface area contributed by atoms with Crippen LogP contribution in [0.25, 0.3) is 0 Å². The van der Waals surface area contributed by atoms with Crippen molar-refractivity contribution in [3.05, 3.63) is 95.7 Å². The summed E-state index contributed by atoms with van der Waals surface area (Å²) >= 11 is 0. The zero-order valence-electron chi connectivity index (χ0n) is 18.1. The van der Waals surface area contributed by atoms with Crippen molar-refractivity contribution in [1.82, 2.24) is 0 Å². The van der Waals surface area contributed by atoms with E-state index in [9.17, 15) is 13.2 Å². The zero-order valence-corrected chi connectivity index (χ0v) is 18.9. The molecule has 0 fully saturated rings. The fourth-order valence-electron chi connectivity index (χ4n) is 3.38. The molecule has 1 N–H and O–H groups in total. The Morgan fingerprint density at radius 1 is 0.879 bits per heavy atom. The maximum absolute atomic E-state index is 13.1. The molecule has 0 aliphatic heterocycles. The van der Waals surface area contributed by atoms with Crippen molar-refractivity contribution in [1.29, 1.82) is 0 Å². The van der Waals surface area contributed by atoms with Crippen LogP contribution in [0.15, 0.2) is 93.9 Å². The van der Waals surface area contributed by atoms with Crippen molar-refractivity contribution in [3.63, 3.8) is 0 Å². The number of methoxy groups -OCH3 is 1. The minimum Gasteiger partial charge on any atom is -0.497 e. The molecule has 1 aliphatic carbocycles. The molecule has 0 saturated carbocycles. The monoisotopic (exact) mass is 462 g/mol. The second-order valence-electron chi connectivity index (χ2n) is 7.14. The lowest BCUT2D eigenvalue weighted by atomic mass is 9.92. The first-order valence-electron chi connectivity index (χ1n) is 10.3. The Bertz CT molecular complexity index is 1340. The predicted molar refractivity (Wildman–Crippen MR) is 127 cm³/mol. The summed E-state index contributed by atoms with van der Waals surface area (Å²) in [6.45, 7) is 2.33. The molecule has 0 bridgehead atoms. The summed E-state index contributed by atoms with van der Waals surface area (Å²) < 4.78 is 40.6. The average Bonchev–Trinajstić information content (AvgIpc) is 2.83. The Labute approximate surface area is 192 Å². The van der Waals surface area contributed by atoms with Gasteiger partial charge in [-0.1, -0.05) is 24.3 Å². The molecule has 0 heterocycles. The number of sulfonamides is 1. The van der Waals surface area contributed by atoms with E-state index in [-0.39, 0.29) is 22.1 Å². The second-order valence-corrected chi connectivity index (χ2v) is 8.75. The van der Waals surface area contributed by atoms with Gasteiger partial charge >= 0.3 is 0 Å². The summed E-state index contributed by atoms with van der Waals surface area (Å²) in [5.74, 6) is 1.00. The van der Waals surface area contributed by atoms with Gasteiger partial charge in [0.05, 0.1) is 30.0 Å². The third kappa shape index (κ3) is 4.80. The van der Waals surface area contributed by atoms with Gasteiger partial charge in [0.15, 0.2) is 0 Å². The fraction of sp³-hybridized carbons (Fsp3) is 0.120. The highest BCUT2D eigenvalue weighted by Crippen LogP contribution is 2.26. The predicted octanol–water partition coefficient (Wildman–Crippen LogP) is 4.46. The van der Waals surface area contributed by atoms with Crippen LogP contribution in [0.5, 0.6) is 11.5 Å². The van der Waals surface area contributed by atoms with E-state index in [4.69, 9.17) is 9.47 Å². The van der Waals surface area contributed by atoms with Crippen LogP contribution in [0.2, 0.25) is 0 Å². The first-order valence-corrected chi connectivity index (χ1v) is 11.7. The second kappa shape index (κ2) is 9.30. The van der Waals surface area contributed by atoms with Crippen molar-refractivity contribution < 1.29 is 22.7 Å². The number of ketones is 1. The van der Waals surface area contributed by atoms with Gasteiger partial charge in [-0.15, -0.1) is 0 Å². The SMILES string of the molecule is CCOc1ccc(S(=O)(=O)N=C2C=C(Nc3ccc(OC)cc3)C(=O)c3ccccc32)cc1. The van der Waals surface area contributed by atoms with Gasteiger partial charge < -0.3 is 14.8 Å². The minimum atomic E-state index is -4.02. The highest BCUT2D eigenvalue weighted by molar-refractivity contribution is 7.90. The molecule has 0 spiro atoms. The topological polar surface area (TPSA) is 94.1 Å². The van der Waals surface area contributed by atoms with Gasteiger partial charge in [0.1, 0.15) is 11.5 Å². The molecule has 0 aromatic heterocycles. The Morgan fingerprint density at radius 3 is 2.15 bits per heavy atom. The van der Waals surface area contributed by atoms with E-state index in [1.165, 1.54) is 18.2 Å². The van der Waals surface area contributed by atoms with Crippen molar-refractivity contribution >= 4 is 27.2 Å². The Kier molecular flexibility index (Phi) is 6.28. The maximum atomic E-state index is 13.1. The molecular formula is C25H22N2O5S. The fourth-order valence-corrected chi connectivity index (χ4v) is 4.38. The van der Waals surface area contributed by atoms with Crippen LogP contribution in [0.3, 0.4) is 0 Å². The number of carbonyl (C=O) groups is 1. The zero-order chi connectivity index (χ0) is 23.4. The number of carbonyl (C=O) groups excluding carboxylic acids is 1. The van der Waals surface area contributed by atoms with Crippen LogP contribution in [0, 0.1) is 0 Å². The molecule has 0 unspecified atom stereocenters. The summed E-state index contributed by atoms with van der Waals surface area (Å²) in [6.07, 6.45) is 1.46. The van der Waals surface area contributed by atoms with Crippen LogP contribution < -0.4 is 14.8 Å². The lowest BCUT2D eigenvalue weighted by molar-refractivity contribution is 0.103. The number of hydrogen-bond donors (Lipinski definition) is 1. The highest BCUT2D eigenvalue weighted by Gasteiger charge is 2.26. The van der Waals surface area contributed by atoms with E-state index < -0.39 is 10.0 Å². The summed E-state index contributed by atoms with van der Waals surface area (Å²) in [6, 6.07) is 19.9. The van der Waals surface area contributed by atoms with Crippen molar-refractivity contribution in [3.8, 4) is 11.5 Å². The first kappa shape index (κ1) is 22.3. The van der Waals surface area contributed by atoms with Gasteiger partial charge in [0.25, 0.3) is 10.0 Å². The number of Topliss-reactive ketones (excluding diaryl/α,β-unsaturated/α-hetero) is 1. The molecule has 8 heteroatoms. The van der Waals surface area contributed by atoms with Gasteiger partial charge in [0, 0.05) is 16.8 Å². The van der Waals surface area contributed by atoms with E-state index in [1.807, 2.05) is 6.92 Å². The van der Waals surface area contributed by atoms with E-state index in [2.05, 4.69) is 9.71 Å². The third-order valence-electron chi connectivity index (χ3n) is 4.99. The molecular weight excluding hydrogens is 440 g/mol. The molecule has 3 aromatic carbocycles. The van der Waals surface area contributed by atoms with Gasteiger partial charge in [-0.05, 0) is 61.5 Å². The third-order valence-corrected chi connectivity index (χ3v) is 6.30. The number of rotatable bonds is 7. The van der Waals surface area contributed by atoms with Crippen LogP contribution in [0.1, 0.15) is 22.8 Å². The molecule has 3 aromatic rings. The smallest absolute Gasteiger partial charge is 0.282 e. The number of allylic oxidation sites excluding steroid dienone is 2. The van der Waals surface area contributed by atoms with Gasteiger partial charge in [-0.3, -0.25) is 4.79 Å². The standard InChI is InChI=1S/C25H22N2O5S/c1-3-32-19-12-14-20(15-13-19)33(29,30)27-23-16-24(25(28)22-7-5-4-6-21(22)23)26-17-8-10-18(31-2)11-9-17/h4-16,26H,3H2,1-2H3. The molecule has 7 nitrogen and oxygen atoms in total. The molecule has 168 valence electrons. The highest BCUT2D eigenvalue weighted by atomic mass is 32.2. The molecule has 0 atom stereocenters. The van der Waals surface area contributed by atoms with Gasteiger partial charge in [-0.25, -0.2) is 0 Å². The van der Waals surface area contributed by atoms with Crippen LogP contribution in [0.4, 0.5) is 5.69 Å². The molecule has 0 radical (unpaired) electrons. The van der Waals surface area contributed by atoms with Crippen molar-refractivity contribution in [2.24, 2.45) is 4.40 Å². The van der Waals surface area contributed by atoms with Crippen molar-refractivity contribution in [2.45, 2.75) is 11.8 Å². The summed E-state index contributed by atoms with van der Waals surface area (Å²) in [5.41, 5.74) is 1.88. The average molecular weight is 463 g/mol. The molecule has 33 heavy (non-hydrogen) atoms. The van der Waals surface area contributed by atoms with Crippen LogP contribution in [-0.4, -0.2) is 33.6 Å². The Hall–Kier alpha value is -3.91. The molecule has 1 aliphatic rings. The lowest BCUT2D eigenvalue weighted by Crippen LogP contribution is -2.22. The minimum absolute atomic E-state index is 0.0332. The number of hydrogen-bond acceptors (Lipinski definition) is 6. The normalized spacial score (nSPS) is 14.4. The molecule has 0 amide bonds. The van der Waals surface area contributed by atoms with Crippen LogP contribution >= 0.6 is 0 Å². The van der Waals surface area contributed by atoms with Gasteiger partial charge in [-0.2, -0.15) is 12.8 Å². The molecule has 0 saturated heterocycles. The Morgan fingerprint density at radius 2 is 1.52 bits per heavy atom. The number of fused-ring (bicyclic) bond motifs is 1. The van der Waals surface area contributed by atoms with Crippen molar-refractivity contribution in [2.75, 3.05) is 19.0 Å². The van der Waals surface area contributed by atoms with E-state index >= 15 is 0 Å².